The number of nitrogens with zero attached hydrogens (tertiary/aromatic N) is 2. The smallest absolute Gasteiger partial charge is 0.305 e. The van der Waals surface area contributed by atoms with Crippen molar-refractivity contribution in [3.63, 3.8) is 0 Å². The van der Waals surface area contributed by atoms with Crippen LogP contribution >= 0.6 is 0 Å². The van der Waals surface area contributed by atoms with Gasteiger partial charge in [-0.05, 0) is 58.7 Å². The highest BCUT2D eigenvalue weighted by atomic mass is 16.7. The van der Waals surface area contributed by atoms with Gasteiger partial charge in [0.25, 0.3) is 0 Å². The van der Waals surface area contributed by atoms with E-state index in [1.807, 2.05) is 0 Å². The Morgan fingerprint density at radius 3 is 1.59 bits per heavy atom. The number of carbonyl (C=O) groups is 1. The molecular formula is C38H78N2O6. The molecule has 0 spiro atoms. The van der Waals surface area contributed by atoms with Gasteiger partial charge in [-0.25, -0.2) is 0 Å². The molecule has 0 aromatic rings. The Morgan fingerprint density at radius 1 is 0.587 bits per heavy atom. The van der Waals surface area contributed by atoms with E-state index in [2.05, 4.69) is 30.7 Å². The van der Waals surface area contributed by atoms with Crippen molar-refractivity contribution in [3.8, 4) is 0 Å². The molecule has 0 aromatic carbocycles. The number of unbranched alkanes of at least 4 members (excludes halogenated alkanes) is 16. The van der Waals surface area contributed by atoms with Crippen LogP contribution in [-0.4, -0.2) is 107 Å². The van der Waals surface area contributed by atoms with Crippen molar-refractivity contribution in [2.24, 2.45) is 0 Å². The van der Waals surface area contributed by atoms with Crippen molar-refractivity contribution in [3.05, 3.63) is 0 Å². The van der Waals surface area contributed by atoms with Gasteiger partial charge in [0, 0.05) is 53.0 Å². The average Bonchev–Trinajstić information content (AvgIpc) is 3.05. The van der Waals surface area contributed by atoms with E-state index in [0.29, 0.717) is 32.7 Å². The van der Waals surface area contributed by atoms with E-state index in [-0.39, 0.29) is 18.9 Å². The fourth-order valence-corrected chi connectivity index (χ4v) is 5.56. The number of aliphatic hydroxyl groups is 1. The molecule has 0 saturated carbocycles. The number of methoxy groups -OCH3 is 1. The van der Waals surface area contributed by atoms with Gasteiger partial charge in [-0.2, -0.15) is 0 Å². The molecule has 0 aliphatic carbocycles. The lowest BCUT2D eigenvalue weighted by Crippen LogP contribution is -2.35. The summed E-state index contributed by atoms with van der Waals surface area (Å²) in [5.74, 6) is -0.139. The predicted octanol–water partition coefficient (Wildman–Crippen LogP) is 8.38. The minimum Gasteiger partial charge on any atom is -0.466 e. The predicted molar refractivity (Wildman–Crippen MR) is 192 cm³/mol. The number of likely N-dealkylation sites (N-methyl/N-ethyl adjacent to an activating group) is 1. The van der Waals surface area contributed by atoms with Gasteiger partial charge in [0.05, 0.1) is 19.6 Å². The van der Waals surface area contributed by atoms with Crippen LogP contribution in [0, 0.1) is 0 Å². The zero-order valence-electron chi connectivity index (χ0n) is 31.1. The molecule has 46 heavy (non-hydrogen) atoms. The highest BCUT2D eigenvalue weighted by Gasteiger charge is 2.14. The molecule has 276 valence electrons. The third-order valence-corrected chi connectivity index (χ3v) is 8.67. The van der Waals surface area contributed by atoms with Crippen molar-refractivity contribution in [2.45, 2.75) is 161 Å². The second-order valence-corrected chi connectivity index (χ2v) is 13.2. The summed E-state index contributed by atoms with van der Waals surface area (Å²) in [5, 5.41) is 9.21. The number of ether oxygens (including phenoxy) is 4. The molecule has 8 heteroatoms. The van der Waals surface area contributed by atoms with Gasteiger partial charge < -0.3 is 33.9 Å². The summed E-state index contributed by atoms with van der Waals surface area (Å²) in [6.45, 7) is 12.4. The first-order valence-corrected chi connectivity index (χ1v) is 19.5. The highest BCUT2D eigenvalue weighted by molar-refractivity contribution is 5.69. The second kappa shape index (κ2) is 37.1. The topological polar surface area (TPSA) is 80.7 Å². The number of hydrogen-bond acceptors (Lipinski definition) is 8. The summed E-state index contributed by atoms with van der Waals surface area (Å²) in [6, 6.07) is 0. The molecule has 1 N–H and O–H groups in total. The summed E-state index contributed by atoms with van der Waals surface area (Å²) >= 11 is 0. The Bertz CT molecular complexity index is 594. The summed E-state index contributed by atoms with van der Waals surface area (Å²) in [7, 11) is 3.85. The van der Waals surface area contributed by atoms with Gasteiger partial charge in [-0.15, -0.1) is 0 Å². The lowest BCUT2D eigenvalue weighted by atomic mass is 10.1. The standard InChI is InChI=1S/C38H78N2O6/c1-5-7-9-11-15-23-35-45-38(46-36-24-16-12-10-8-6-2)26-25-37(42)44-34-22-18-14-20-28-40(30-29-39(3)31-32-41)27-19-13-17-21-33-43-4/h38,41H,5-36H2,1-4H3. The quantitative estimate of drug-likeness (QED) is 0.0403. The summed E-state index contributed by atoms with van der Waals surface area (Å²) in [4.78, 5) is 17.2. The first-order chi connectivity index (χ1) is 22.6. The third kappa shape index (κ3) is 33.1. The van der Waals surface area contributed by atoms with Crippen molar-refractivity contribution < 1.29 is 28.8 Å². The maximum atomic E-state index is 12.5. The van der Waals surface area contributed by atoms with Crippen molar-refractivity contribution >= 4 is 5.97 Å². The molecule has 0 radical (unpaired) electrons. The average molecular weight is 659 g/mol. The molecule has 0 saturated heterocycles. The zero-order chi connectivity index (χ0) is 33.8. The molecule has 0 heterocycles. The van der Waals surface area contributed by atoms with E-state index in [1.165, 1.54) is 83.5 Å². The van der Waals surface area contributed by atoms with E-state index < -0.39 is 0 Å². The number of esters is 1. The monoisotopic (exact) mass is 659 g/mol. The largest absolute Gasteiger partial charge is 0.466 e. The van der Waals surface area contributed by atoms with E-state index in [9.17, 15) is 9.90 Å². The van der Waals surface area contributed by atoms with Gasteiger partial charge in [-0.1, -0.05) is 104 Å². The van der Waals surface area contributed by atoms with Crippen LogP contribution in [0.4, 0.5) is 0 Å². The van der Waals surface area contributed by atoms with Gasteiger partial charge >= 0.3 is 5.97 Å². The molecule has 8 nitrogen and oxygen atoms in total. The van der Waals surface area contributed by atoms with Crippen molar-refractivity contribution in [2.75, 3.05) is 79.9 Å². The lowest BCUT2D eigenvalue weighted by Gasteiger charge is -2.25. The van der Waals surface area contributed by atoms with Crippen molar-refractivity contribution in [1.29, 1.82) is 0 Å². The van der Waals surface area contributed by atoms with Gasteiger partial charge in [0.1, 0.15) is 0 Å². The van der Waals surface area contributed by atoms with Crippen LogP contribution in [0.1, 0.15) is 155 Å². The molecule has 0 aliphatic heterocycles. The van der Waals surface area contributed by atoms with E-state index >= 15 is 0 Å². The Labute approximate surface area is 285 Å². The molecule has 0 aromatic heterocycles. The van der Waals surface area contributed by atoms with Crippen molar-refractivity contribution in [1.82, 2.24) is 9.80 Å². The highest BCUT2D eigenvalue weighted by Crippen LogP contribution is 2.12. The maximum absolute atomic E-state index is 12.5. The number of aliphatic hydroxyl groups excluding tert-OH is 1. The third-order valence-electron chi connectivity index (χ3n) is 8.67. The molecule has 0 aliphatic rings. The van der Waals surface area contributed by atoms with Crippen LogP contribution in [-0.2, 0) is 23.7 Å². The number of carbonyl (C=O) groups excluding carboxylic acids is 1. The summed E-state index contributed by atoms with van der Waals surface area (Å²) in [5.41, 5.74) is 0. The Hall–Kier alpha value is -0.770. The van der Waals surface area contributed by atoms with Crippen LogP contribution in [0.3, 0.4) is 0 Å². The van der Waals surface area contributed by atoms with E-state index in [4.69, 9.17) is 18.9 Å². The maximum Gasteiger partial charge on any atom is 0.305 e. The minimum atomic E-state index is -0.310. The first-order valence-electron chi connectivity index (χ1n) is 19.5. The Morgan fingerprint density at radius 2 is 1.07 bits per heavy atom. The fraction of sp³-hybridized carbons (Fsp3) is 0.974. The lowest BCUT2D eigenvalue weighted by molar-refractivity contribution is -0.159. The second-order valence-electron chi connectivity index (χ2n) is 13.2. The molecule has 0 bridgehead atoms. The number of rotatable bonds is 38. The molecule has 0 amide bonds. The van der Waals surface area contributed by atoms with Crippen LogP contribution in [0.2, 0.25) is 0 Å². The molecule has 0 rings (SSSR count). The molecule has 0 atom stereocenters. The van der Waals surface area contributed by atoms with E-state index in [0.717, 1.165) is 84.3 Å². The molecular weight excluding hydrogens is 580 g/mol. The summed E-state index contributed by atoms with van der Waals surface area (Å²) < 4.78 is 22.9. The fourth-order valence-electron chi connectivity index (χ4n) is 5.56. The van der Waals surface area contributed by atoms with E-state index in [1.54, 1.807) is 7.11 Å². The SMILES string of the molecule is CCCCCCCCOC(CCC(=O)OCCCCCCN(CCCCCCOC)CCN(C)CCO)OCCCCCCCC. The van der Waals surface area contributed by atoms with Crippen LogP contribution in [0.25, 0.3) is 0 Å². The van der Waals surface area contributed by atoms with Crippen LogP contribution in [0.15, 0.2) is 0 Å². The first kappa shape index (κ1) is 45.2. The Balaban J connectivity index is 4.24. The Kier molecular flexibility index (Phi) is 36.4. The normalized spacial score (nSPS) is 11.8. The minimum absolute atomic E-state index is 0.139. The van der Waals surface area contributed by atoms with Gasteiger partial charge in [0.2, 0.25) is 0 Å². The van der Waals surface area contributed by atoms with Crippen LogP contribution < -0.4 is 0 Å². The van der Waals surface area contributed by atoms with Crippen LogP contribution in [0.5, 0.6) is 0 Å². The molecule has 0 fully saturated rings. The van der Waals surface area contributed by atoms with Gasteiger partial charge in [-0.3, -0.25) is 4.79 Å². The van der Waals surface area contributed by atoms with Gasteiger partial charge in [0.15, 0.2) is 6.29 Å². The zero-order valence-corrected chi connectivity index (χ0v) is 31.1. The molecule has 0 unspecified atom stereocenters. The number of hydrogen-bond donors (Lipinski definition) is 1. The summed E-state index contributed by atoms with van der Waals surface area (Å²) in [6.07, 6.45) is 24.5.